The zero-order valence-electron chi connectivity index (χ0n) is 21.5. The van der Waals surface area contributed by atoms with Crippen molar-refractivity contribution in [2.75, 3.05) is 37.6 Å². The summed E-state index contributed by atoms with van der Waals surface area (Å²) >= 11 is 0. The van der Waals surface area contributed by atoms with E-state index in [1.165, 1.54) is 5.69 Å². The molecule has 0 amide bonds. The summed E-state index contributed by atoms with van der Waals surface area (Å²) in [5.41, 5.74) is 9.13. The molecular formula is C29H33N7. The van der Waals surface area contributed by atoms with E-state index in [2.05, 4.69) is 94.5 Å². The standard InChI is InChI=1S/C29H33N7/c1-5-34-12-14-35(15-13-34)22-9-6-20(7-10-22)25-18-31-28-27(33-25)23(17-30-28)21-8-11-24-26(16-21)36(19-32-24)29(2,3)4/h6-11,16-19H,5,12-15H2,1-4H3,(H,30,31). The number of aromatic amines is 1. The van der Waals surface area contributed by atoms with Crippen LogP contribution < -0.4 is 4.90 Å². The third-order valence-electron chi connectivity index (χ3n) is 7.31. The van der Waals surface area contributed by atoms with E-state index in [-0.39, 0.29) is 5.54 Å². The first-order chi connectivity index (χ1) is 17.4. The molecule has 6 rings (SSSR count). The fourth-order valence-corrected chi connectivity index (χ4v) is 5.13. The van der Waals surface area contributed by atoms with Crippen molar-refractivity contribution in [3.05, 3.63) is 61.2 Å². The minimum atomic E-state index is -0.0453. The third kappa shape index (κ3) is 4.03. The summed E-state index contributed by atoms with van der Waals surface area (Å²) in [6.45, 7) is 14.3. The molecule has 0 spiro atoms. The minimum absolute atomic E-state index is 0.0453. The molecule has 184 valence electrons. The van der Waals surface area contributed by atoms with Gasteiger partial charge in [0.15, 0.2) is 5.65 Å². The second-order valence-corrected chi connectivity index (χ2v) is 10.6. The number of hydrogen-bond donors (Lipinski definition) is 1. The Kier molecular flexibility index (Phi) is 5.52. The summed E-state index contributed by atoms with van der Waals surface area (Å²) in [5, 5.41) is 0. The highest BCUT2D eigenvalue weighted by Crippen LogP contribution is 2.32. The second-order valence-electron chi connectivity index (χ2n) is 10.6. The number of nitrogens with zero attached hydrogens (tertiary/aromatic N) is 6. The molecule has 1 fully saturated rings. The van der Waals surface area contributed by atoms with Gasteiger partial charge in [0.2, 0.25) is 0 Å². The molecule has 0 atom stereocenters. The molecule has 36 heavy (non-hydrogen) atoms. The molecule has 5 aromatic rings. The van der Waals surface area contributed by atoms with E-state index in [9.17, 15) is 0 Å². The van der Waals surface area contributed by atoms with Crippen LogP contribution in [0, 0.1) is 0 Å². The maximum atomic E-state index is 5.05. The average Bonchev–Trinajstić information content (AvgIpc) is 3.52. The van der Waals surface area contributed by atoms with Crippen LogP contribution in [0.1, 0.15) is 27.7 Å². The van der Waals surface area contributed by atoms with Gasteiger partial charge in [0.1, 0.15) is 5.52 Å². The predicted molar refractivity (Wildman–Crippen MR) is 147 cm³/mol. The van der Waals surface area contributed by atoms with Crippen molar-refractivity contribution in [2.24, 2.45) is 0 Å². The van der Waals surface area contributed by atoms with E-state index in [0.717, 1.165) is 77.3 Å². The molecule has 1 N–H and O–H groups in total. The number of piperazine rings is 1. The Balaban J connectivity index is 1.32. The van der Waals surface area contributed by atoms with Gasteiger partial charge in [-0.3, -0.25) is 0 Å². The monoisotopic (exact) mass is 479 g/mol. The molecule has 1 saturated heterocycles. The van der Waals surface area contributed by atoms with Gasteiger partial charge >= 0.3 is 0 Å². The molecule has 0 unspecified atom stereocenters. The van der Waals surface area contributed by atoms with Crippen molar-refractivity contribution in [1.82, 2.24) is 29.4 Å². The van der Waals surface area contributed by atoms with E-state index in [1.54, 1.807) is 0 Å². The SMILES string of the molecule is CCN1CCN(c2ccc(-c3cnc4[nH]cc(-c5ccc6ncn(C(C)(C)C)c6c5)c4n3)cc2)CC1. The van der Waals surface area contributed by atoms with Gasteiger partial charge in [0.05, 0.1) is 29.3 Å². The van der Waals surface area contributed by atoms with Crippen LogP contribution in [0.2, 0.25) is 0 Å². The first-order valence-electron chi connectivity index (χ1n) is 12.8. The molecule has 3 aromatic heterocycles. The van der Waals surface area contributed by atoms with Gasteiger partial charge in [0, 0.05) is 54.7 Å². The van der Waals surface area contributed by atoms with Crippen LogP contribution in [0.3, 0.4) is 0 Å². The molecule has 2 aromatic carbocycles. The number of imidazole rings is 1. The molecule has 7 heteroatoms. The average molecular weight is 480 g/mol. The Bertz CT molecular complexity index is 1510. The zero-order chi connectivity index (χ0) is 24.9. The Hall–Kier alpha value is -3.71. The summed E-state index contributed by atoms with van der Waals surface area (Å²) in [5.74, 6) is 0. The lowest BCUT2D eigenvalue weighted by Gasteiger charge is -2.35. The lowest BCUT2D eigenvalue weighted by Crippen LogP contribution is -2.46. The van der Waals surface area contributed by atoms with E-state index >= 15 is 0 Å². The Morgan fingerprint density at radius 1 is 0.917 bits per heavy atom. The maximum absolute atomic E-state index is 5.05. The van der Waals surface area contributed by atoms with Crippen LogP contribution >= 0.6 is 0 Å². The predicted octanol–water partition coefficient (Wildman–Crippen LogP) is 5.54. The molecular weight excluding hydrogens is 446 g/mol. The van der Waals surface area contributed by atoms with E-state index in [4.69, 9.17) is 9.97 Å². The normalized spacial score (nSPS) is 15.3. The lowest BCUT2D eigenvalue weighted by atomic mass is 10.1. The fourth-order valence-electron chi connectivity index (χ4n) is 5.13. The highest BCUT2D eigenvalue weighted by atomic mass is 15.3. The van der Waals surface area contributed by atoms with Crippen LogP contribution in [0.25, 0.3) is 44.6 Å². The zero-order valence-corrected chi connectivity index (χ0v) is 21.5. The minimum Gasteiger partial charge on any atom is -0.369 e. The van der Waals surface area contributed by atoms with Crippen LogP contribution in [0.5, 0.6) is 0 Å². The summed E-state index contributed by atoms with van der Waals surface area (Å²) < 4.78 is 2.22. The summed E-state index contributed by atoms with van der Waals surface area (Å²) in [4.78, 5) is 22.6. The van der Waals surface area contributed by atoms with Crippen LogP contribution in [0.4, 0.5) is 5.69 Å². The molecule has 4 heterocycles. The molecule has 0 radical (unpaired) electrons. The number of benzene rings is 2. The topological polar surface area (TPSA) is 65.9 Å². The molecule has 0 aliphatic carbocycles. The smallest absolute Gasteiger partial charge is 0.156 e. The Labute approximate surface area is 211 Å². The number of aromatic nitrogens is 5. The summed E-state index contributed by atoms with van der Waals surface area (Å²) in [6, 6.07) is 15.2. The number of anilines is 1. The van der Waals surface area contributed by atoms with Crippen LogP contribution in [-0.4, -0.2) is 62.1 Å². The quantitative estimate of drug-likeness (QED) is 0.367. The maximum Gasteiger partial charge on any atom is 0.156 e. The van der Waals surface area contributed by atoms with Crippen molar-refractivity contribution in [3.63, 3.8) is 0 Å². The summed E-state index contributed by atoms with van der Waals surface area (Å²) in [6.07, 6.45) is 5.79. The fraction of sp³-hybridized carbons (Fsp3) is 0.345. The number of nitrogens with one attached hydrogen (secondary N) is 1. The number of likely N-dealkylation sites (N-methyl/N-ethyl adjacent to an activating group) is 1. The Morgan fingerprint density at radius 3 is 2.39 bits per heavy atom. The summed E-state index contributed by atoms with van der Waals surface area (Å²) in [7, 11) is 0. The first kappa shape index (κ1) is 22.7. The molecule has 1 aliphatic heterocycles. The van der Waals surface area contributed by atoms with E-state index < -0.39 is 0 Å². The van der Waals surface area contributed by atoms with E-state index in [0.29, 0.717) is 0 Å². The van der Waals surface area contributed by atoms with Crippen molar-refractivity contribution in [3.8, 4) is 22.4 Å². The highest BCUT2D eigenvalue weighted by molar-refractivity contribution is 5.94. The van der Waals surface area contributed by atoms with Gasteiger partial charge in [-0.05, 0) is 57.1 Å². The molecule has 0 saturated carbocycles. The number of hydrogen-bond acceptors (Lipinski definition) is 5. The van der Waals surface area contributed by atoms with Gasteiger partial charge in [-0.1, -0.05) is 25.1 Å². The van der Waals surface area contributed by atoms with E-state index in [1.807, 2.05) is 18.7 Å². The molecule has 0 bridgehead atoms. The van der Waals surface area contributed by atoms with Crippen molar-refractivity contribution in [1.29, 1.82) is 0 Å². The van der Waals surface area contributed by atoms with Crippen molar-refractivity contribution >= 4 is 27.9 Å². The third-order valence-corrected chi connectivity index (χ3v) is 7.31. The largest absolute Gasteiger partial charge is 0.369 e. The van der Waals surface area contributed by atoms with Gasteiger partial charge in [-0.25, -0.2) is 15.0 Å². The van der Waals surface area contributed by atoms with Gasteiger partial charge in [0.25, 0.3) is 0 Å². The molecule has 7 nitrogen and oxygen atoms in total. The number of H-pyrrole nitrogens is 1. The van der Waals surface area contributed by atoms with Crippen LogP contribution in [0.15, 0.2) is 61.2 Å². The van der Waals surface area contributed by atoms with Gasteiger partial charge in [-0.2, -0.15) is 0 Å². The lowest BCUT2D eigenvalue weighted by molar-refractivity contribution is 0.271. The second kappa shape index (κ2) is 8.75. The first-order valence-corrected chi connectivity index (χ1v) is 12.8. The highest BCUT2D eigenvalue weighted by Gasteiger charge is 2.19. The number of rotatable bonds is 4. The van der Waals surface area contributed by atoms with Crippen LogP contribution in [-0.2, 0) is 5.54 Å². The van der Waals surface area contributed by atoms with Gasteiger partial charge < -0.3 is 19.4 Å². The number of fused-ring (bicyclic) bond motifs is 2. The van der Waals surface area contributed by atoms with Crippen molar-refractivity contribution < 1.29 is 0 Å². The van der Waals surface area contributed by atoms with Crippen molar-refractivity contribution in [2.45, 2.75) is 33.2 Å². The Morgan fingerprint density at radius 2 is 1.67 bits per heavy atom. The molecule has 1 aliphatic rings. The van der Waals surface area contributed by atoms with Gasteiger partial charge in [-0.15, -0.1) is 0 Å².